The Morgan fingerprint density at radius 1 is 1.11 bits per heavy atom. The number of carbonyl (C=O) groups is 1. The van der Waals surface area contributed by atoms with Gasteiger partial charge >= 0.3 is 5.97 Å². The molecule has 0 atom stereocenters. The lowest BCUT2D eigenvalue weighted by atomic mass is 10.1. The normalized spacial score (nSPS) is 10.8. The summed E-state index contributed by atoms with van der Waals surface area (Å²) in [4.78, 5) is 28.5. The van der Waals surface area contributed by atoms with Gasteiger partial charge in [0.05, 0.1) is 25.3 Å². The summed E-state index contributed by atoms with van der Waals surface area (Å²) < 4.78 is 11.5. The molecule has 0 aliphatic heterocycles. The molecule has 3 rings (SSSR count). The van der Waals surface area contributed by atoms with Crippen LogP contribution in [-0.4, -0.2) is 40.0 Å². The Bertz CT molecular complexity index is 1090. The molecule has 0 amide bonds. The molecule has 2 N–H and O–H groups in total. The van der Waals surface area contributed by atoms with E-state index in [-0.39, 0.29) is 11.4 Å². The Kier molecular flexibility index (Phi) is 5.49. The lowest BCUT2D eigenvalue weighted by molar-refractivity contribution is -0.137. The number of carboxylic acids is 1. The minimum Gasteiger partial charge on any atom is -0.504 e. The van der Waals surface area contributed by atoms with Gasteiger partial charge in [-0.15, -0.1) is 0 Å². The summed E-state index contributed by atoms with van der Waals surface area (Å²) in [6.07, 6.45) is 0.779. The summed E-state index contributed by atoms with van der Waals surface area (Å²) in [6, 6.07) is 9.90. The van der Waals surface area contributed by atoms with Gasteiger partial charge in [0.15, 0.2) is 11.5 Å². The predicted molar refractivity (Wildman–Crippen MR) is 102 cm³/mol. The predicted octanol–water partition coefficient (Wildman–Crippen LogP) is 1.99. The van der Waals surface area contributed by atoms with Crippen molar-refractivity contribution >= 4 is 17.0 Å². The van der Waals surface area contributed by atoms with Gasteiger partial charge < -0.3 is 19.7 Å². The maximum atomic E-state index is 12.8. The first-order chi connectivity index (χ1) is 13.4. The molecule has 0 unspecified atom stereocenters. The fraction of sp³-hybridized carbons (Fsp3) is 0.250. The smallest absolute Gasteiger partial charge is 0.323 e. The van der Waals surface area contributed by atoms with Crippen molar-refractivity contribution in [3.8, 4) is 17.2 Å². The lowest BCUT2D eigenvalue weighted by Crippen LogP contribution is -2.29. The van der Waals surface area contributed by atoms with E-state index < -0.39 is 18.1 Å². The van der Waals surface area contributed by atoms with E-state index >= 15 is 0 Å². The monoisotopic (exact) mass is 384 g/mol. The Morgan fingerprint density at radius 2 is 1.89 bits per heavy atom. The molecule has 0 saturated carbocycles. The molecule has 2 aromatic carbocycles. The molecule has 0 aliphatic rings. The third kappa shape index (κ3) is 3.90. The number of aryl methyl sites for hydroxylation is 2. The number of hydrogen-bond donors (Lipinski definition) is 2. The number of ether oxygens (including phenoxy) is 2. The van der Waals surface area contributed by atoms with Crippen LogP contribution in [0.1, 0.15) is 11.3 Å². The third-order valence-corrected chi connectivity index (χ3v) is 4.41. The number of benzene rings is 2. The van der Waals surface area contributed by atoms with Gasteiger partial charge in [-0.1, -0.05) is 6.07 Å². The molecular formula is C20H20N2O6. The van der Waals surface area contributed by atoms with Crippen molar-refractivity contribution < 1.29 is 24.5 Å². The Labute approximate surface area is 160 Å². The van der Waals surface area contributed by atoms with Gasteiger partial charge in [-0.05, 0) is 42.7 Å². The first-order valence-electron chi connectivity index (χ1n) is 8.58. The van der Waals surface area contributed by atoms with E-state index in [1.54, 1.807) is 30.3 Å². The number of aliphatic carboxylic acids is 1. The van der Waals surface area contributed by atoms with Gasteiger partial charge in [-0.2, -0.15) is 0 Å². The zero-order valence-electron chi connectivity index (χ0n) is 15.5. The summed E-state index contributed by atoms with van der Waals surface area (Å²) >= 11 is 0. The third-order valence-electron chi connectivity index (χ3n) is 4.41. The molecule has 0 spiro atoms. The number of rotatable bonds is 7. The van der Waals surface area contributed by atoms with Crippen LogP contribution < -0.4 is 15.0 Å². The zero-order chi connectivity index (χ0) is 20.3. The fourth-order valence-corrected chi connectivity index (χ4v) is 3.00. The number of fused-ring (bicyclic) bond motifs is 1. The largest absolute Gasteiger partial charge is 0.504 e. The van der Waals surface area contributed by atoms with Crippen LogP contribution in [0.4, 0.5) is 0 Å². The Hall–Kier alpha value is -3.55. The van der Waals surface area contributed by atoms with E-state index in [1.165, 1.54) is 24.9 Å². The van der Waals surface area contributed by atoms with E-state index in [1.807, 2.05) is 0 Å². The van der Waals surface area contributed by atoms with Crippen molar-refractivity contribution in [3.05, 3.63) is 58.0 Å². The summed E-state index contributed by atoms with van der Waals surface area (Å²) in [5, 5.41) is 18.9. The first-order valence-corrected chi connectivity index (χ1v) is 8.58. The van der Waals surface area contributed by atoms with Crippen LogP contribution in [0.25, 0.3) is 11.0 Å². The van der Waals surface area contributed by atoms with Crippen LogP contribution >= 0.6 is 0 Å². The topological polar surface area (TPSA) is 111 Å². The summed E-state index contributed by atoms with van der Waals surface area (Å²) in [5.74, 6) is -0.169. The first kappa shape index (κ1) is 19.2. The maximum Gasteiger partial charge on any atom is 0.323 e. The number of hydrogen-bond acceptors (Lipinski definition) is 6. The molecule has 1 heterocycles. The number of nitrogens with zero attached hydrogens (tertiary/aromatic N) is 2. The number of methoxy groups -OCH3 is 2. The average molecular weight is 384 g/mol. The van der Waals surface area contributed by atoms with E-state index in [9.17, 15) is 19.8 Å². The van der Waals surface area contributed by atoms with Crippen LogP contribution in [0.2, 0.25) is 0 Å². The Balaban J connectivity index is 2.01. The van der Waals surface area contributed by atoms with E-state index in [2.05, 4.69) is 4.98 Å². The highest BCUT2D eigenvalue weighted by Gasteiger charge is 2.14. The summed E-state index contributed by atoms with van der Waals surface area (Å²) in [7, 11) is 2.98. The van der Waals surface area contributed by atoms with Gasteiger partial charge in [0.1, 0.15) is 18.0 Å². The number of phenols is 1. The molecule has 1 aromatic heterocycles. The minimum atomic E-state index is -1.11. The number of aromatic hydroxyl groups is 1. The van der Waals surface area contributed by atoms with Gasteiger partial charge in [0.2, 0.25) is 0 Å². The standard InChI is InChI=1S/C20H20N2O6/c1-27-13-5-7-16-15(10-13)21-14(20(26)22(16)11-19(24)25)6-3-12-4-8-17(23)18(9-12)28-2/h4-5,7-10,23H,3,6,11H2,1-2H3,(H,24,25). The van der Waals surface area contributed by atoms with E-state index in [0.29, 0.717) is 35.4 Å². The van der Waals surface area contributed by atoms with Crippen molar-refractivity contribution in [1.82, 2.24) is 9.55 Å². The molecule has 8 nitrogen and oxygen atoms in total. The van der Waals surface area contributed by atoms with E-state index in [0.717, 1.165) is 5.56 Å². The second-order valence-electron chi connectivity index (χ2n) is 6.20. The zero-order valence-corrected chi connectivity index (χ0v) is 15.5. The second kappa shape index (κ2) is 7.99. The second-order valence-corrected chi connectivity index (χ2v) is 6.20. The molecule has 3 aromatic rings. The average Bonchev–Trinajstić information content (AvgIpc) is 2.69. The Morgan fingerprint density at radius 3 is 2.57 bits per heavy atom. The van der Waals surface area contributed by atoms with Crippen LogP contribution in [0.5, 0.6) is 17.2 Å². The van der Waals surface area contributed by atoms with Crippen molar-refractivity contribution in [2.45, 2.75) is 19.4 Å². The van der Waals surface area contributed by atoms with E-state index in [4.69, 9.17) is 9.47 Å². The van der Waals surface area contributed by atoms with Crippen LogP contribution in [0.3, 0.4) is 0 Å². The molecule has 0 fully saturated rings. The molecule has 0 aliphatic carbocycles. The van der Waals surface area contributed by atoms with Crippen LogP contribution in [-0.2, 0) is 24.2 Å². The van der Waals surface area contributed by atoms with Gasteiger partial charge in [0.25, 0.3) is 5.56 Å². The van der Waals surface area contributed by atoms with Crippen molar-refractivity contribution in [3.63, 3.8) is 0 Å². The molecule has 146 valence electrons. The maximum absolute atomic E-state index is 12.8. The van der Waals surface area contributed by atoms with Gasteiger partial charge in [0, 0.05) is 6.07 Å². The summed E-state index contributed by atoms with van der Waals surface area (Å²) in [5.41, 5.74) is 1.59. The molecule has 28 heavy (non-hydrogen) atoms. The number of aromatic nitrogens is 2. The number of carboxylic acid groups (broad SMARTS) is 1. The lowest BCUT2D eigenvalue weighted by Gasteiger charge is -2.12. The summed E-state index contributed by atoms with van der Waals surface area (Å²) in [6.45, 7) is -0.454. The molecule has 0 radical (unpaired) electrons. The van der Waals surface area contributed by atoms with Crippen molar-refractivity contribution in [2.24, 2.45) is 0 Å². The molecule has 8 heteroatoms. The number of phenolic OH excluding ortho intramolecular Hbond substituents is 1. The van der Waals surface area contributed by atoms with Crippen LogP contribution in [0.15, 0.2) is 41.2 Å². The molecule has 0 saturated heterocycles. The quantitative estimate of drug-likeness (QED) is 0.641. The van der Waals surface area contributed by atoms with Gasteiger partial charge in [-0.3, -0.25) is 14.2 Å². The van der Waals surface area contributed by atoms with Crippen molar-refractivity contribution in [2.75, 3.05) is 14.2 Å². The minimum absolute atomic E-state index is 0.0333. The molecular weight excluding hydrogens is 364 g/mol. The molecule has 0 bridgehead atoms. The fourth-order valence-electron chi connectivity index (χ4n) is 3.00. The van der Waals surface area contributed by atoms with Crippen LogP contribution in [0, 0.1) is 0 Å². The van der Waals surface area contributed by atoms with Crippen molar-refractivity contribution in [1.29, 1.82) is 0 Å². The highest BCUT2D eigenvalue weighted by Crippen LogP contribution is 2.26. The van der Waals surface area contributed by atoms with Gasteiger partial charge in [-0.25, -0.2) is 4.98 Å². The highest BCUT2D eigenvalue weighted by molar-refractivity contribution is 5.78. The highest BCUT2D eigenvalue weighted by atomic mass is 16.5. The SMILES string of the molecule is COc1ccc2c(c1)nc(CCc1ccc(O)c(OC)c1)c(=O)n2CC(=O)O.